The minimum absolute atomic E-state index is 0.0777. The first-order chi connectivity index (χ1) is 10.6. The van der Waals surface area contributed by atoms with Crippen molar-refractivity contribution in [1.29, 1.82) is 0 Å². The monoisotopic (exact) mass is 357 g/mol. The molecule has 3 rings (SSSR count). The number of carbonyl (C=O) groups is 2. The summed E-state index contributed by atoms with van der Waals surface area (Å²) in [7, 11) is 0. The number of rotatable bonds is 3. The van der Waals surface area contributed by atoms with E-state index in [9.17, 15) is 9.59 Å². The molecule has 1 aliphatic carbocycles. The lowest BCUT2D eigenvalue weighted by molar-refractivity contribution is 0.0979. The molecule has 0 saturated heterocycles. The Labute approximate surface area is 138 Å². The summed E-state index contributed by atoms with van der Waals surface area (Å²) >= 11 is 3.36. The van der Waals surface area contributed by atoms with Crippen LogP contribution in [0.3, 0.4) is 0 Å². The van der Waals surface area contributed by atoms with E-state index < -0.39 is 0 Å². The van der Waals surface area contributed by atoms with Gasteiger partial charge in [-0.1, -0.05) is 15.9 Å². The van der Waals surface area contributed by atoms with Crippen LogP contribution >= 0.6 is 15.9 Å². The average Bonchev–Trinajstić information content (AvgIpc) is 2.53. The third-order valence-electron chi connectivity index (χ3n) is 4.09. The van der Waals surface area contributed by atoms with E-state index in [0.29, 0.717) is 22.3 Å². The molecule has 0 saturated carbocycles. The van der Waals surface area contributed by atoms with Gasteiger partial charge in [0.25, 0.3) is 0 Å². The van der Waals surface area contributed by atoms with E-state index in [1.165, 1.54) is 0 Å². The second-order valence-electron chi connectivity index (χ2n) is 5.25. The Balaban J connectivity index is 2.15. The molecule has 0 N–H and O–H groups in total. The highest BCUT2D eigenvalue weighted by molar-refractivity contribution is 9.10. The molecule has 0 unspecified atom stereocenters. The van der Waals surface area contributed by atoms with Crippen LogP contribution < -0.4 is 4.90 Å². The molecule has 0 aliphatic heterocycles. The van der Waals surface area contributed by atoms with Crippen molar-refractivity contribution < 1.29 is 9.59 Å². The number of anilines is 1. The molecule has 0 amide bonds. The van der Waals surface area contributed by atoms with Crippen molar-refractivity contribution in [1.82, 2.24) is 0 Å². The average molecular weight is 358 g/mol. The molecule has 0 aromatic heterocycles. The molecule has 2 aromatic carbocycles. The zero-order valence-electron chi connectivity index (χ0n) is 12.5. The highest BCUT2D eigenvalue weighted by atomic mass is 79.9. The number of hydrogen-bond acceptors (Lipinski definition) is 3. The van der Waals surface area contributed by atoms with Crippen molar-refractivity contribution >= 4 is 33.2 Å². The highest BCUT2D eigenvalue weighted by Crippen LogP contribution is 2.31. The lowest BCUT2D eigenvalue weighted by Crippen LogP contribution is -2.25. The summed E-state index contributed by atoms with van der Waals surface area (Å²) in [5.41, 5.74) is 2.93. The van der Waals surface area contributed by atoms with Gasteiger partial charge in [0.05, 0.1) is 0 Å². The first kappa shape index (κ1) is 15.0. The molecule has 0 radical (unpaired) electrons. The molecule has 0 heterocycles. The van der Waals surface area contributed by atoms with Gasteiger partial charge in [0.2, 0.25) is 0 Å². The summed E-state index contributed by atoms with van der Waals surface area (Å²) in [6.07, 6.45) is 0. The lowest BCUT2D eigenvalue weighted by Gasteiger charge is -2.24. The number of hydrogen-bond donors (Lipinski definition) is 0. The van der Waals surface area contributed by atoms with Crippen LogP contribution in [0.1, 0.15) is 45.7 Å². The molecule has 0 atom stereocenters. The summed E-state index contributed by atoms with van der Waals surface area (Å²) in [5, 5.41) is 0. The maximum absolute atomic E-state index is 12.7. The van der Waals surface area contributed by atoms with Gasteiger partial charge in [0, 0.05) is 45.5 Å². The van der Waals surface area contributed by atoms with Gasteiger partial charge in [0.1, 0.15) is 0 Å². The van der Waals surface area contributed by atoms with E-state index in [0.717, 1.165) is 23.2 Å². The number of carbonyl (C=O) groups excluding carboxylic acids is 2. The van der Waals surface area contributed by atoms with Gasteiger partial charge in [-0.15, -0.1) is 0 Å². The third kappa shape index (κ3) is 2.28. The van der Waals surface area contributed by atoms with Crippen molar-refractivity contribution in [2.24, 2.45) is 0 Å². The molecule has 0 spiro atoms. The van der Waals surface area contributed by atoms with E-state index in [1.807, 2.05) is 12.1 Å². The summed E-state index contributed by atoms with van der Waals surface area (Å²) in [5.74, 6) is -0.164. The highest BCUT2D eigenvalue weighted by Gasteiger charge is 2.30. The summed E-state index contributed by atoms with van der Waals surface area (Å²) < 4.78 is 0.801. The van der Waals surface area contributed by atoms with Gasteiger partial charge in [-0.3, -0.25) is 9.59 Å². The maximum Gasteiger partial charge on any atom is 0.194 e. The van der Waals surface area contributed by atoms with E-state index in [1.54, 1.807) is 24.3 Å². The molecular formula is C18H16BrNO2. The van der Waals surface area contributed by atoms with Gasteiger partial charge in [-0.2, -0.15) is 0 Å². The van der Waals surface area contributed by atoms with Gasteiger partial charge in [-0.05, 0) is 50.2 Å². The van der Waals surface area contributed by atoms with Gasteiger partial charge in [0.15, 0.2) is 11.6 Å². The fourth-order valence-corrected chi connectivity index (χ4v) is 3.26. The zero-order valence-corrected chi connectivity index (χ0v) is 14.1. The second kappa shape index (κ2) is 5.69. The molecule has 3 nitrogen and oxygen atoms in total. The van der Waals surface area contributed by atoms with Crippen LogP contribution in [-0.2, 0) is 0 Å². The standard InChI is InChI=1S/C18H16BrNO2/c1-3-20(4-2)12-6-8-14-16(10-12)18(22)13-7-5-11(19)9-15(13)17(14)21/h5-10H,3-4H2,1-2H3. The fourth-order valence-electron chi connectivity index (χ4n) is 2.90. The maximum atomic E-state index is 12.7. The smallest absolute Gasteiger partial charge is 0.194 e. The number of ketones is 2. The van der Waals surface area contributed by atoms with Crippen LogP contribution in [0, 0.1) is 0 Å². The first-order valence-corrected chi connectivity index (χ1v) is 8.14. The first-order valence-electron chi connectivity index (χ1n) is 7.34. The molecule has 0 fully saturated rings. The van der Waals surface area contributed by atoms with Crippen LogP contribution in [-0.4, -0.2) is 24.7 Å². The van der Waals surface area contributed by atoms with E-state index in [2.05, 4.69) is 34.7 Å². The minimum atomic E-state index is -0.0861. The van der Waals surface area contributed by atoms with Crippen LogP contribution in [0.5, 0.6) is 0 Å². The van der Waals surface area contributed by atoms with Crippen molar-refractivity contribution in [2.45, 2.75) is 13.8 Å². The lowest BCUT2D eigenvalue weighted by atomic mass is 9.84. The number of nitrogens with zero attached hydrogens (tertiary/aromatic N) is 1. The third-order valence-corrected chi connectivity index (χ3v) is 4.59. The second-order valence-corrected chi connectivity index (χ2v) is 6.17. The molecule has 112 valence electrons. The molecule has 2 aromatic rings. The summed E-state index contributed by atoms with van der Waals surface area (Å²) in [6.45, 7) is 5.87. The zero-order chi connectivity index (χ0) is 15.9. The number of halogens is 1. The van der Waals surface area contributed by atoms with E-state index in [-0.39, 0.29) is 11.6 Å². The normalized spacial score (nSPS) is 12.9. The topological polar surface area (TPSA) is 37.4 Å². The fraction of sp³-hybridized carbons (Fsp3) is 0.222. The van der Waals surface area contributed by atoms with Crippen molar-refractivity contribution in [2.75, 3.05) is 18.0 Å². The Hall–Kier alpha value is -1.94. The van der Waals surface area contributed by atoms with Crippen molar-refractivity contribution in [3.63, 3.8) is 0 Å². The van der Waals surface area contributed by atoms with Gasteiger partial charge < -0.3 is 4.90 Å². The van der Waals surface area contributed by atoms with Crippen LogP contribution in [0.15, 0.2) is 40.9 Å². The molecule has 4 heteroatoms. The number of benzene rings is 2. The Morgan fingerprint density at radius 2 is 1.36 bits per heavy atom. The van der Waals surface area contributed by atoms with Crippen LogP contribution in [0.2, 0.25) is 0 Å². The molecular weight excluding hydrogens is 342 g/mol. The van der Waals surface area contributed by atoms with Crippen molar-refractivity contribution in [3.8, 4) is 0 Å². The molecule has 1 aliphatic rings. The van der Waals surface area contributed by atoms with Crippen LogP contribution in [0.25, 0.3) is 0 Å². The Morgan fingerprint density at radius 1 is 0.818 bits per heavy atom. The Kier molecular flexibility index (Phi) is 3.87. The SMILES string of the molecule is CCN(CC)c1ccc2c(c1)C(=O)c1ccc(Br)cc1C2=O. The molecule has 0 bridgehead atoms. The Morgan fingerprint density at radius 3 is 1.95 bits per heavy atom. The minimum Gasteiger partial charge on any atom is -0.372 e. The summed E-state index contributed by atoms with van der Waals surface area (Å²) in [4.78, 5) is 27.5. The molecule has 22 heavy (non-hydrogen) atoms. The predicted octanol–water partition coefficient (Wildman–Crippen LogP) is 4.07. The van der Waals surface area contributed by atoms with E-state index in [4.69, 9.17) is 0 Å². The van der Waals surface area contributed by atoms with Gasteiger partial charge >= 0.3 is 0 Å². The van der Waals surface area contributed by atoms with Gasteiger partial charge in [-0.25, -0.2) is 0 Å². The van der Waals surface area contributed by atoms with Crippen molar-refractivity contribution in [3.05, 3.63) is 63.1 Å². The summed E-state index contributed by atoms with van der Waals surface area (Å²) in [6, 6.07) is 10.8. The van der Waals surface area contributed by atoms with Crippen LogP contribution in [0.4, 0.5) is 5.69 Å². The van der Waals surface area contributed by atoms with E-state index >= 15 is 0 Å². The quantitative estimate of drug-likeness (QED) is 0.708. The largest absolute Gasteiger partial charge is 0.372 e. The number of fused-ring (bicyclic) bond motifs is 2. The Bertz CT molecular complexity index is 779. The predicted molar refractivity (Wildman–Crippen MR) is 91.0 cm³/mol.